The largest absolute Gasteiger partial charge is 0.374 e. The number of anilines is 1. The van der Waals surface area contributed by atoms with Crippen molar-refractivity contribution in [2.24, 2.45) is 0 Å². The van der Waals surface area contributed by atoms with Crippen LogP contribution in [0.5, 0.6) is 0 Å². The van der Waals surface area contributed by atoms with E-state index in [4.69, 9.17) is 5.73 Å². The molecule has 0 aliphatic carbocycles. The molecule has 1 atom stereocenters. The monoisotopic (exact) mass is 322 g/mol. The fourth-order valence-corrected chi connectivity index (χ4v) is 3.26. The summed E-state index contributed by atoms with van der Waals surface area (Å²) in [4.78, 5) is 11.9. The minimum Gasteiger partial charge on any atom is -0.374 e. The van der Waals surface area contributed by atoms with E-state index >= 15 is 0 Å². The van der Waals surface area contributed by atoms with E-state index in [9.17, 15) is 4.79 Å². The second-order valence-electron chi connectivity index (χ2n) is 4.58. The fraction of sp³-hybridized carbons (Fsp3) is 0.357. The maximum absolute atomic E-state index is 11.9. The highest BCUT2D eigenvalue weighted by molar-refractivity contribution is 8.01. The molecule has 2 aromatic rings. The van der Waals surface area contributed by atoms with Crippen LogP contribution in [0.25, 0.3) is 0 Å². The number of carbonyl (C=O) groups is 1. The summed E-state index contributed by atoms with van der Waals surface area (Å²) in [7, 11) is 0. The van der Waals surface area contributed by atoms with Crippen LogP contribution in [0.2, 0.25) is 0 Å². The molecule has 1 heterocycles. The number of hydrogen-bond acceptors (Lipinski definition) is 6. The van der Waals surface area contributed by atoms with Gasteiger partial charge in [0.05, 0.1) is 11.8 Å². The molecule has 0 bridgehead atoms. The van der Waals surface area contributed by atoms with Crippen LogP contribution in [-0.4, -0.2) is 21.9 Å². The molecule has 5 nitrogen and oxygen atoms in total. The number of nitrogen functional groups attached to an aromatic ring is 1. The molecule has 21 heavy (non-hydrogen) atoms. The summed E-state index contributed by atoms with van der Waals surface area (Å²) in [6, 6.07) is 8.29. The number of hydrogen-bond donors (Lipinski definition) is 2. The van der Waals surface area contributed by atoms with Gasteiger partial charge < -0.3 is 11.1 Å². The lowest BCUT2D eigenvalue weighted by molar-refractivity contribution is -0.119. The lowest BCUT2D eigenvalue weighted by Gasteiger charge is -2.14. The van der Waals surface area contributed by atoms with Gasteiger partial charge in [0.1, 0.15) is 0 Å². The molecule has 0 aliphatic rings. The van der Waals surface area contributed by atoms with E-state index in [-0.39, 0.29) is 11.9 Å². The van der Waals surface area contributed by atoms with Crippen LogP contribution in [-0.2, 0) is 11.2 Å². The van der Waals surface area contributed by atoms with Gasteiger partial charge in [-0.1, -0.05) is 54.3 Å². The second-order valence-corrected chi connectivity index (χ2v) is 6.81. The zero-order valence-corrected chi connectivity index (χ0v) is 13.6. The maximum atomic E-state index is 11.9. The van der Waals surface area contributed by atoms with Crippen molar-refractivity contribution < 1.29 is 4.79 Å². The molecule has 0 saturated heterocycles. The lowest BCUT2D eigenvalue weighted by Crippen LogP contribution is -2.28. The van der Waals surface area contributed by atoms with Gasteiger partial charge in [0.15, 0.2) is 4.34 Å². The zero-order chi connectivity index (χ0) is 15.2. The molecule has 2 rings (SSSR count). The second kappa shape index (κ2) is 7.42. The van der Waals surface area contributed by atoms with Crippen molar-refractivity contribution in [3.8, 4) is 0 Å². The number of nitrogens with zero attached hydrogens (tertiary/aromatic N) is 2. The molecule has 3 N–H and O–H groups in total. The van der Waals surface area contributed by atoms with Crippen molar-refractivity contribution in [1.82, 2.24) is 15.5 Å². The van der Waals surface area contributed by atoms with Crippen LogP contribution in [0.4, 0.5) is 5.13 Å². The summed E-state index contributed by atoms with van der Waals surface area (Å²) in [6.07, 6.45) is 1.02. The van der Waals surface area contributed by atoms with Crippen molar-refractivity contribution in [1.29, 1.82) is 0 Å². The Labute approximate surface area is 132 Å². The third kappa shape index (κ3) is 4.71. The molecular formula is C14H18N4OS2. The number of amides is 1. The van der Waals surface area contributed by atoms with Crippen LogP contribution >= 0.6 is 23.1 Å². The highest BCUT2D eigenvalue weighted by atomic mass is 32.2. The Morgan fingerprint density at radius 1 is 1.38 bits per heavy atom. The van der Waals surface area contributed by atoms with Gasteiger partial charge in [0, 0.05) is 0 Å². The van der Waals surface area contributed by atoms with Gasteiger partial charge in [-0.2, -0.15) is 0 Å². The number of aryl methyl sites for hydroxylation is 1. The van der Waals surface area contributed by atoms with Crippen LogP contribution < -0.4 is 11.1 Å². The van der Waals surface area contributed by atoms with Gasteiger partial charge in [-0.05, 0) is 24.5 Å². The molecular weight excluding hydrogens is 304 g/mol. The highest BCUT2D eigenvalue weighted by Gasteiger charge is 2.11. The van der Waals surface area contributed by atoms with E-state index < -0.39 is 0 Å². The molecule has 0 radical (unpaired) electrons. The SMILES string of the molecule is CCc1ccc([C@H](C)NC(=O)CSc2nnc(N)s2)cc1. The Kier molecular flexibility index (Phi) is 5.58. The third-order valence-electron chi connectivity index (χ3n) is 3.01. The van der Waals surface area contributed by atoms with Gasteiger partial charge in [-0.3, -0.25) is 4.79 Å². The Morgan fingerprint density at radius 3 is 2.67 bits per heavy atom. The molecule has 112 valence electrons. The maximum Gasteiger partial charge on any atom is 0.230 e. The van der Waals surface area contributed by atoms with Crippen molar-refractivity contribution in [3.05, 3.63) is 35.4 Å². The molecule has 0 saturated carbocycles. The molecule has 7 heteroatoms. The van der Waals surface area contributed by atoms with Gasteiger partial charge in [-0.15, -0.1) is 10.2 Å². The Morgan fingerprint density at radius 2 is 2.10 bits per heavy atom. The predicted molar refractivity (Wildman–Crippen MR) is 87.4 cm³/mol. The van der Waals surface area contributed by atoms with Crippen molar-refractivity contribution in [2.45, 2.75) is 30.6 Å². The average Bonchev–Trinajstić information content (AvgIpc) is 2.91. The summed E-state index contributed by atoms with van der Waals surface area (Å²) in [5.41, 5.74) is 7.89. The van der Waals surface area contributed by atoms with Crippen LogP contribution in [0.3, 0.4) is 0 Å². The molecule has 1 aromatic heterocycles. The van der Waals surface area contributed by atoms with Gasteiger partial charge in [0.2, 0.25) is 11.0 Å². The average molecular weight is 322 g/mol. The summed E-state index contributed by atoms with van der Waals surface area (Å²) in [5, 5.41) is 11.0. The zero-order valence-electron chi connectivity index (χ0n) is 12.0. The first-order valence-electron chi connectivity index (χ1n) is 6.68. The number of thioether (sulfide) groups is 1. The van der Waals surface area contributed by atoms with Crippen LogP contribution in [0.15, 0.2) is 28.6 Å². The van der Waals surface area contributed by atoms with E-state index in [1.807, 2.05) is 6.92 Å². The number of benzene rings is 1. The van der Waals surface area contributed by atoms with Crippen molar-refractivity contribution >= 4 is 34.1 Å². The summed E-state index contributed by atoms with van der Waals surface area (Å²) < 4.78 is 0.711. The van der Waals surface area contributed by atoms with Crippen LogP contribution in [0, 0.1) is 0 Å². The molecule has 0 aliphatic heterocycles. The normalized spacial score (nSPS) is 12.1. The number of nitrogens with one attached hydrogen (secondary N) is 1. The highest BCUT2D eigenvalue weighted by Crippen LogP contribution is 2.23. The Hall–Kier alpha value is -1.60. The first-order chi connectivity index (χ1) is 10.1. The van der Waals surface area contributed by atoms with Crippen molar-refractivity contribution in [2.75, 3.05) is 11.5 Å². The molecule has 0 unspecified atom stereocenters. The number of aromatic nitrogens is 2. The van der Waals surface area contributed by atoms with Crippen molar-refractivity contribution in [3.63, 3.8) is 0 Å². The topological polar surface area (TPSA) is 80.9 Å². The first-order valence-corrected chi connectivity index (χ1v) is 8.48. The van der Waals surface area contributed by atoms with E-state index in [0.717, 1.165) is 12.0 Å². The number of carbonyl (C=O) groups excluding carboxylic acids is 1. The van der Waals surface area contributed by atoms with E-state index in [1.165, 1.54) is 28.7 Å². The molecule has 0 spiro atoms. The number of nitrogens with two attached hydrogens (primary N) is 1. The quantitative estimate of drug-likeness (QED) is 0.799. The van der Waals surface area contributed by atoms with Gasteiger partial charge in [-0.25, -0.2) is 0 Å². The van der Waals surface area contributed by atoms with Gasteiger partial charge in [0.25, 0.3) is 0 Å². The standard InChI is InChI=1S/C14H18N4OS2/c1-3-10-4-6-11(7-5-10)9(2)16-12(19)8-20-14-18-17-13(15)21-14/h4-7,9H,3,8H2,1-2H3,(H2,15,17)(H,16,19)/t9-/m0/s1. The molecule has 0 fully saturated rings. The number of rotatable bonds is 6. The van der Waals surface area contributed by atoms with E-state index in [2.05, 4.69) is 46.7 Å². The predicted octanol–water partition coefficient (Wildman–Crippen LogP) is 2.65. The van der Waals surface area contributed by atoms with Crippen LogP contribution in [0.1, 0.15) is 31.0 Å². The Bertz CT molecular complexity index is 597. The summed E-state index contributed by atoms with van der Waals surface area (Å²) in [6.45, 7) is 4.10. The van der Waals surface area contributed by atoms with E-state index in [1.54, 1.807) is 0 Å². The fourth-order valence-electron chi connectivity index (χ4n) is 1.81. The lowest BCUT2D eigenvalue weighted by atomic mass is 10.1. The summed E-state index contributed by atoms with van der Waals surface area (Å²) in [5.74, 6) is 0.285. The molecule has 1 amide bonds. The minimum absolute atomic E-state index is 0.0107. The summed E-state index contributed by atoms with van der Waals surface area (Å²) >= 11 is 2.63. The third-order valence-corrected chi connectivity index (χ3v) is 4.90. The first kappa shape index (κ1) is 15.8. The molecule has 1 aromatic carbocycles. The van der Waals surface area contributed by atoms with Gasteiger partial charge >= 0.3 is 0 Å². The smallest absolute Gasteiger partial charge is 0.230 e. The minimum atomic E-state index is -0.0270. The van der Waals surface area contributed by atoms with E-state index in [0.29, 0.717) is 15.2 Å². The Balaban J connectivity index is 1.83.